The van der Waals surface area contributed by atoms with E-state index in [9.17, 15) is 0 Å². The van der Waals surface area contributed by atoms with Crippen LogP contribution in [0, 0.1) is 6.54 Å². The van der Waals surface area contributed by atoms with Crippen molar-refractivity contribution in [3.8, 4) is 0 Å². The Morgan fingerprint density at radius 2 is 1.60 bits per heavy atom. The second-order valence-corrected chi connectivity index (χ2v) is 3.17. The Bertz CT molecular complexity index is 109. The van der Waals surface area contributed by atoms with E-state index in [0.29, 0.717) is 0 Å². The summed E-state index contributed by atoms with van der Waals surface area (Å²) in [5.41, 5.74) is 0. The average molecular weight is 310 g/mol. The number of rotatable bonds is 0. The molecule has 0 aromatic carbocycles. The molecule has 1 fully saturated rings. The van der Waals surface area contributed by atoms with Gasteiger partial charge in [-0.05, 0) is 20.6 Å². The third kappa shape index (κ3) is 13.4. The average Bonchev–Trinajstić information content (AvgIpc) is 2.06. The Morgan fingerprint density at radius 1 is 1.00 bits per heavy atom. The van der Waals surface area contributed by atoms with Gasteiger partial charge in [0, 0.05) is 19.6 Å². The molecule has 0 aromatic heterocycles. The zero-order valence-electron chi connectivity index (χ0n) is 9.14. The van der Waals surface area contributed by atoms with E-state index >= 15 is 0 Å². The van der Waals surface area contributed by atoms with E-state index in [2.05, 4.69) is 35.8 Å². The molecule has 15 heavy (non-hydrogen) atoms. The van der Waals surface area contributed by atoms with E-state index in [1.165, 1.54) is 0 Å². The molecule has 1 aliphatic heterocycles. The molecule has 7 heteroatoms. The minimum Gasteiger partial charge on any atom is -1.00 e. The van der Waals surface area contributed by atoms with Crippen molar-refractivity contribution in [3.63, 3.8) is 0 Å². The van der Waals surface area contributed by atoms with Crippen LogP contribution < -0.4 is 42.5 Å². The van der Waals surface area contributed by atoms with Crippen molar-refractivity contribution in [2.45, 2.75) is 0 Å². The fourth-order valence-electron chi connectivity index (χ4n) is 1.12. The zero-order valence-corrected chi connectivity index (χ0v) is 13.0. The molecule has 1 rings (SSSR count). The normalized spacial score (nSPS) is 18.8. The van der Waals surface area contributed by atoms with Gasteiger partial charge in [0.25, 0.3) is 0 Å². The summed E-state index contributed by atoms with van der Waals surface area (Å²) in [5.74, 6) is 0. The van der Waals surface area contributed by atoms with Crippen molar-refractivity contribution >= 4 is 0 Å². The van der Waals surface area contributed by atoms with Crippen LogP contribution >= 0.6 is 0 Å². The minimum absolute atomic E-state index is 0. The predicted molar refractivity (Wildman–Crippen MR) is 47.3 cm³/mol. The first-order valence-electron chi connectivity index (χ1n) is 4.22. The molecule has 1 heterocycles. The summed E-state index contributed by atoms with van der Waals surface area (Å²) in [5, 5.41) is 3.35. The van der Waals surface area contributed by atoms with Gasteiger partial charge in [-0.25, -0.2) is 0 Å². The summed E-state index contributed by atoms with van der Waals surface area (Å²) in [4.78, 5) is 4.59. The molecule has 0 spiro atoms. The number of hydrogen-bond acceptors (Lipinski definition) is 3. The van der Waals surface area contributed by atoms with Crippen molar-refractivity contribution in [1.82, 2.24) is 15.1 Å². The van der Waals surface area contributed by atoms with Gasteiger partial charge < -0.3 is 52.3 Å². The summed E-state index contributed by atoms with van der Waals surface area (Å²) in [6.07, 6.45) is 0. The van der Waals surface area contributed by atoms with Gasteiger partial charge in [-0.1, -0.05) is 0 Å². The number of nitrogens with one attached hydrogen (secondary N) is 1. The number of nitrogens with zero attached hydrogens (tertiary/aromatic N) is 2. The Labute approximate surface area is 127 Å². The largest absolute Gasteiger partial charge is 4.00 e. The molecule has 0 amide bonds. The van der Waals surface area contributed by atoms with Crippen molar-refractivity contribution < 1.29 is 58.9 Å². The molecule has 0 aliphatic carbocycles. The Hall–Kier alpha value is 1.46. The fraction of sp³-hybridized carbons (Fsp3) is 0.875. The third-order valence-corrected chi connectivity index (χ3v) is 2.05. The minimum atomic E-state index is 0. The maximum atomic E-state index is 3.35. The quantitative estimate of drug-likeness (QED) is 0.354. The van der Waals surface area contributed by atoms with Crippen LogP contribution in [0.15, 0.2) is 0 Å². The van der Waals surface area contributed by atoms with Crippen molar-refractivity contribution in [3.05, 3.63) is 6.54 Å². The standard InChI is InChI=1S/C8H18N3.3ClH.Ti/c1-10-5-3-9-4-6-11(2)8-7-10;;;;/h5,9H,3-4,6-8H2,1-2H3;3*1H;/q-1;;;;+4/p-3. The van der Waals surface area contributed by atoms with Gasteiger partial charge in [0.2, 0.25) is 0 Å². The molecule has 0 bridgehead atoms. The molecular weight excluding hydrogens is 292 g/mol. The molecule has 0 atom stereocenters. The van der Waals surface area contributed by atoms with Gasteiger partial charge >= 0.3 is 21.7 Å². The van der Waals surface area contributed by atoms with Gasteiger partial charge in [0.05, 0.1) is 0 Å². The van der Waals surface area contributed by atoms with Crippen LogP contribution in [-0.2, 0) is 21.7 Å². The van der Waals surface area contributed by atoms with Gasteiger partial charge in [0.1, 0.15) is 0 Å². The molecule has 90 valence electrons. The second-order valence-electron chi connectivity index (χ2n) is 3.17. The summed E-state index contributed by atoms with van der Waals surface area (Å²) < 4.78 is 0. The zero-order chi connectivity index (χ0) is 8.10. The van der Waals surface area contributed by atoms with Crippen LogP contribution in [0.4, 0.5) is 0 Å². The van der Waals surface area contributed by atoms with Crippen molar-refractivity contribution in [2.24, 2.45) is 0 Å². The first kappa shape index (κ1) is 25.3. The van der Waals surface area contributed by atoms with Gasteiger partial charge in [-0.2, -0.15) is 0 Å². The van der Waals surface area contributed by atoms with Crippen LogP contribution in [0.1, 0.15) is 0 Å². The molecule has 1 saturated heterocycles. The van der Waals surface area contributed by atoms with E-state index in [-0.39, 0.29) is 58.9 Å². The van der Waals surface area contributed by atoms with Crippen molar-refractivity contribution in [1.29, 1.82) is 0 Å². The molecule has 1 N–H and O–H groups in total. The molecule has 0 saturated carbocycles. The van der Waals surface area contributed by atoms with E-state index in [1.807, 2.05) is 0 Å². The summed E-state index contributed by atoms with van der Waals surface area (Å²) in [7, 11) is 4.29. The smallest absolute Gasteiger partial charge is 1.00 e. The SMILES string of the molecule is CN1[CH-]CNCCN(C)CC1.[Cl-].[Cl-].[Cl-].[Ti+4]. The monoisotopic (exact) mass is 309 g/mol. The number of hydrogen-bond donors (Lipinski definition) is 1. The molecule has 3 nitrogen and oxygen atoms in total. The summed E-state index contributed by atoms with van der Waals surface area (Å²) in [6, 6.07) is 0. The molecule has 0 unspecified atom stereocenters. The summed E-state index contributed by atoms with van der Waals surface area (Å²) in [6.45, 7) is 7.76. The first-order valence-corrected chi connectivity index (χ1v) is 4.22. The number of halogens is 3. The van der Waals surface area contributed by atoms with Gasteiger partial charge in [-0.15, -0.1) is 6.54 Å². The van der Waals surface area contributed by atoms with Crippen molar-refractivity contribution in [2.75, 3.05) is 46.8 Å². The molecular formula is C8H18Cl3N3Ti. The Morgan fingerprint density at radius 3 is 2.20 bits per heavy atom. The van der Waals surface area contributed by atoms with Crippen LogP contribution in [0.3, 0.4) is 0 Å². The molecule has 0 radical (unpaired) electrons. The van der Waals surface area contributed by atoms with E-state index in [0.717, 1.165) is 32.7 Å². The predicted octanol–water partition coefficient (Wildman–Crippen LogP) is -9.38. The van der Waals surface area contributed by atoms with Crippen LogP contribution in [-0.4, -0.2) is 56.6 Å². The van der Waals surface area contributed by atoms with Crippen LogP contribution in [0.25, 0.3) is 0 Å². The summed E-state index contributed by atoms with van der Waals surface area (Å²) >= 11 is 0. The first-order chi connectivity index (χ1) is 5.29. The van der Waals surface area contributed by atoms with Gasteiger partial charge in [-0.3, -0.25) is 6.54 Å². The van der Waals surface area contributed by atoms with Gasteiger partial charge in [0.15, 0.2) is 0 Å². The maximum absolute atomic E-state index is 3.35. The Kier molecular flexibility index (Phi) is 26.1. The maximum Gasteiger partial charge on any atom is 4.00 e. The Balaban J connectivity index is -0.000000151. The van der Waals surface area contributed by atoms with Crippen LogP contribution in [0.2, 0.25) is 0 Å². The molecule has 0 aromatic rings. The third-order valence-electron chi connectivity index (χ3n) is 2.05. The number of likely N-dealkylation sites (N-methyl/N-ethyl adjacent to an activating group) is 2. The topological polar surface area (TPSA) is 18.5 Å². The van der Waals surface area contributed by atoms with E-state index in [4.69, 9.17) is 0 Å². The molecule has 1 aliphatic rings. The fourth-order valence-corrected chi connectivity index (χ4v) is 1.12. The van der Waals surface area contributed by atoms with E-state index < -0.39 is 0 Å². The van der Waals surface area contributed by atoms with E-state index in [1.54, 1.807) is 0 Å². The van der Waals surface area contributed by atoms with Crippen LogP contribution in [0.5, 0.6) is 0 Å². The second kappa shape index (κ2) is 15.5.